The van der Waals surface area contributed by atoms with E-state index in [0.29, 0.717) is 12.5 Å². The van der Waals surface area contributed by atoms with Gasteiger partial charge < -0.3 is 0 Å². The highest BCUT2D eigenvalue weighted by Gasteiger charge is 2.23. The maximum Gasteiger partial charge on any atom is 0.279 e. The van der Waals surface area contributed by atoms with Crippen molar-refractivity contribution < 1.29 is 0 Å². The number of aryl methyl sites for hydroxylation is 1. The van der Waals surface area contributed by atoms with E-state index in [0.717, 1.165) is 35.0 Å². The highest BCUT2D eigenvalue weighted by Crippen LogP contribution is 2.35. The summed E-state index contributed by atoms with van der Waals surface area (Å²) in [5, 5.41) is 9.23. The van der Waals surface area contributed by atoms with Gasteiger partial charge >= 0.3 is 0 Å². The first-order chi connectivity index (χ1) is 10.7. The molecule has 22 heavy (non-hydrogen) atoms. The second-order valence-corrected chi connectivity index (χ2v) is 7.15. The molecule has 0 N–H and O–H groups in total. The molecule has 2 heterocycles. The van der Waals surface area contributed by atoms with Crippen molar-refractivity contribution in [2.24, 2.45) is 5.92 Å². The molecule has 0 fully saturated rings. The van der Waals surface area contributed by atoms with Gasteiger partial charge in [-0.25, -0.2) is 4.68 Å². The minimum Gasteiger partial charge on any atom is -0.267 e. The lowest BCUT2D eigenvalue weighted by Gasteiger charge is -2.17. The molecule has 1 atom stereocenters. The number of hydrogen-bond donors (Lipinski definition) is 0. The van der Waals surface area contributed by atoms with Crippen LogP contribution >= 0.6 is 11.3 Å². The molecule has 0 spiro atoms. The lowest BCUT2D eigenvalue weighted by atomic mass is 9.89. The maximum absolute atomic E-state index is 12.8. The summed E-state index contributed by atoms with van der Waals surface area (Å²) >= 11 is 1.65. The fourth-order valence-electron chi connectivity index (χ4n) is 3.15. The van der Waals surface area contributed by atoms with Gasteiger partial charge in [0.25, 0.3) is 5.56 Å². The van der Waals surface area contributed by atoms with E-state index in [1.807, 2.05) is 30.3 Å². The average Bonchev–Trinajstić information content (AvgIpc) is 2.89. The first-order valence-corrected chi connectivity index (χ1v) is 8.46. The van der Waals surface area contributed by atoms with Crippen LogP contribution in [0.15, 0.2) is 35.1 Å². The molecule has 0 amide bonds. The van der Waals surface area contributed by atoms with Gasteiger partial charge in [0.15, 0.2) is 4.83 Å². The highest BCUT2D eigenvalue weighted by molar-refractivity contribution is 7.18. The monoisotopic (exact) mass is 311 g/mol. The van der Waals surface area contributed by atoms with E-state index in [2.05, 4.69) is 17.2 Å². The van der Waals surface area contributed by atoms with Crippen LogP contribution in [0.5, 0.6) is 0 Å². The minimum absolute atomic E-state index is 0.000839. The van der Waals surface area contributed by atoms with Crippen molar-refractivity contribution in [2.75, 3.05) is 0 Å². The van der Waals surface area contributed by atoms with Gasteiger partial charge in [-0.3, -0.25) is 4.79 Å². The first-order valence-electron chi connectivity index (χ1n) is 7.64. The minimum atomic E-state index is 0.000839. The topological polar surface area (TPSA) is 47.8 Å². The van der Waals surface area contributed by atoms with Crippen LogP contribution in [-0.2, 0) is 19.4 Å². The van der Waals surface area contributed by atoms with Crippen LogP contribution in [0.2, 0.25) is 0 Å². The average molecular weight is 311 g/mol. The van der Waals surface area contributed by atoms with Gasteiger partial charge in [0.1, 0.15) is 0 Å². The van der Waals surface area contributed by atoms with Gasteiger partial charge in [-0.1, -0.05) is 42.5 Å². The number of hydrogen-bond acceptors (Lipinski definition) is 4. The smallest absolute Gasteiger partial charge is 0.267 e. The molecular weight excluding hydrogens is 294 g/mol. The molecule has 5 heteroatoms. The van der Waals surface area contributed by atoms with E-state index in [9.17, 15) is 4.79 Å². The standard InChI is InChI=1S/C17H17N3OS/c1-11-7-8-13-14(9-11)22-16-15(13)17(21)20(19-18-16)10-12-5-3-2-4-6-12/h2-6,11H,7-10H2,1H3/t11-/m1/s1. The van der Waals surface area contributed by atoms with Crippen molar-refractivity contribution in [3.05, 3.63) is 56.7 Å². The molecule has 0 radical (unpaired) electrons. The molecule has 1 aliphatic carbocycles. The number of nitrogens with zero attached hydrogens (tertiary/aromatic N) is 3. The molecule has 1 aromatic carbocycles. The molecule has 4 nitrogen and oxygen atoms in total. The molecule has 0 saturated carbocycles. The van der Waals surface area contributed by atoms with Crippen LogP contribution in [0, 0.1) is 5.92 Å². The SMILES string of the molecule is C[C@@H]1CCc2c(sc3nnn(Cc4ccccc4)c(=O)c23)C1. The Hall–Kier alpha value is -2.01. The predicted octanol–water partition coefficient (Wildman–Crippen LogP) is 3.03. The summed E-state index contributed by atoms with van der Waals surface area (Å²) in [7, 11) is 0. The fourth-order valence-corrected chi connectivity index (χ4v) is 4.47. The number of rotatable bonds is 2. The van der Waals surface area contributed by atoms with Gasteiger partial charge in [0, 0.05) is 4.88 Å². The van der Waals surface area contributed by atoms with Crippen molar-refractivity contribution in [1.82, 2.24) is 15.0 Å². The van der Waals surface area contributed by atoms with Crippen LogP contribution in [0.25, 0.3) is 10.2 Å². The van der Waals surface area contributed by atoms with Crippen molar-refractivity contribution in [1.29, 1.82) is 0 Å². The van der Waals surface area contributed by atoms with Crippen molar-refractivity contribution >= 4 is 21.6 Å². The summed E-state index contributed by atoms with van der Waals surface area (Å²) in [6.07, 6.45) is 3.20. The van der Waals surface area contributed by atoms with E-state index in [-0.39, 0.29) is 5.56 Å². The Bertz CT molecular complexity index is 882. The second kappa shape index (κ2) is 5.32. The van der Waals surface area contributed by atoms with Gasteiger partial charge in [0.2, 0.25) is 0 Å². The van der Waals surface area contributed by atoms with Crippen LogP contribution in [0.3, 0.4) is 0 Å². The Labute approximate surface area is 132 Å². The summed E-state index contributed by atoms with van der Waals surface area (Å²) < 4.78 is 1.49. The number of fused-ring (bicyclic) bond motifs is 3. The third kappa shape index (κ3) is 2.25. The van der Waals surface area contributed by atoms with Crippen LogP contribution in [0.4, 0.5) is 0 Å². The summed E-state index contributed by atoms with van der Waals surface area (Å²) in [6, 6.07) is 9.92. The predicted molar refractivity (Wildman–Crippen MR) is 88.4 cm³/mol. The zero-order valence-electron chi connectivity index (χ0n) is 12.5. The third-order valence-corrected chi connectivity index (χ3v) is 5.50. The van der Waals surface area contributed by atoms with Gasteiger partial charge in [0.05, 0.1) is 11.9 Å². The Kier molecular flexibility index (Phi) is 3.30. The summed E-state index contributed by atoms with van der Waals surface area (Å²) in [6.45, 7) is 2.75. The number of thiophene rings is 1. The molecule has 0 saturated heterocycles. The molecule has 0 unspecified atom stereocenters. The maximum atomic E-state index is 12.8. The number of aromatic nitrogens is 3. The third-order valence-electron chi connectivity index (χ3n) is 4.36. The van der Waals surface area contributed by atoms with Gasteiger partial charge in [-0.05, 0) is 36.3 Å². The van der Waals surface area contributed by atoms with Crippen molar-refractivity contribution in [3.63, 3.8) is 0 Å². The van der Waals surface area contributed by atoms with E-state index in [1.54, 1.807) is 11.3 Å². The zero-order valence-corrected chi connectivity index (χ0v) is 13.3. The zero-order chi connectivity index (χ0) is 15.1. The van der Waals surface area contributed by atoms with Gasteiger partial charge in [-0.15, -0.1) is 16.4 Å². The lowest BCUT2D eigenvalue weighted by Crippen LogP contribution is -2.25. The Balaban J connectivity index is 1.82. The lowest BCUT2D eigenvalue weighted by molar-refractivity contribution is 0.508. The molecule has 112 valence electrons. The molecule has 4 rings (SSSR count). The summed E-state index contributed by atoms with van der Waals surface area (Å²) in [4.78, 5) is 14.9. The Morgan fingerprint density at radius 1 is 1.32 bits per heavy atom. The fraction of sp³-hybridized carbons (Fsp3) is 0.353. The Morgan fingerprint density at radius 2 is 2.14 bits per heavy atom. The second-order valence-electron chi connectivity index (χ2n) is 6.07. The molecule has 2 aromatic heterocycles. The highest BCUT2D eigenvalue weighted by atomic mass is 32.1. The van der Waals surface area contributed by atoms with E-state index >= 15 is 0 Å². The van der Waals surface area contributed by atoms with Gasteiger partial charge in [-0.2, -0.15) is 0 Å². The largest absolute Gasteiger partial charge is 0.279 e. The normalized spacial score (nSPS) is 17.6. The molecule has 1 aliphatic rings. The molecule has 3 aromatic rings. The quantitative estimate of drug-likeness (QED) is 0.731. The van der Waals surface area contributed by atoms with E-state index in [1.165, 1.54) is 15.1 Å². The Morgan fingerprint density at radius 3 is 2.95 bits per heavy atom. The molecule has 0 aliphatic heterocycles. The van der Waals surface area contributed by atoms with Crippen molar-refractivity contribution in [2.45, 2.75) is 32.7 Å². The number of benzene rings is 1. The summed E-state index contributed by atoms with van der Waals surface area (Å²) in [5.74, 6) is 0.695. The van der Waals surface area contributed by atoms with Crippen molar-refractivity contribution in [3.8, 4) is 0 Å². The van der Waals surface area contributed by atoms with Crippen LogP contribution in [0.1, 0.15) is 29.3 Å². The molecular formula is C17H17N3OS. The van der Waals surface area contributed by atoms with E-state index < -0.39 is 0 Å². The van der Waals surface area contributed by atoms with E-state index in [4.69, 9.17) is 0 Å². The summed E-state index contributed by atoms with van der Waals surface area (Å²) in [5.41, 5.74) is 2.29. The van der Waals surface area contributed by atoms with Crippen LogP contribution < -0.4 is 5.56 Å². The first kappa shape index (κ1) is 13.6. The van der Waals surface area contributed by atoms with Crippen LogP contribution in [-0.4, -0.2) is 15.0 Å². The molecule has 0 bridgehead atoms.